The summed E-state index contributed by atoms with van der Waals surface area (Å²) in [6.07, 6.45) is 10.8. The molecule has 0 amide bonds. The Morgan fingerprint density at radius 3 is 2.50 bits per heavy atom. The van der Waals surface area contributed by atoms with E-state index in [2.05, 4.69) is 6.92 Å². The minimum Gasteiger partial charge on any atom is -0.303 e. The predicted octanol–water partition coefficient (Wildman–Crippen LogP) is 5.14. The van der Waals surface area contributed by atoms with Crippen LogP contribution >= 0.6 is 11.6 Å². The lowest BCUT2D eigenvalue weighted by Crippen LogP contribution is -1.97. The summed E-state index contributed by atoms with van der Waals surface area (Å²) in [7, 11) is 0. The molecule has 0 bridgehead atoms. The average molecular weight is 265 g/mol. The number of carbonyl (C=O) groups excluding carboxylic acids is 1. The summed E-state index contributed by atoms with van der Waals surface area (Å²) in [6, 6.07) is 7.63. The Balaban J connectivity index is 2.41. The van der Waals surface area contributed by atoms with Crippen LogP contribution in [0.5, 0.6) is 0 Å². The minimum atomic E-state index is 0.0394. The van der Waals surface area contributed by atoms with Crippen molar-refractivity contribution < 1.29 is 4.79 Å². The van der Waals surface area contributed by atoms with Crippen LogP contribution in [0.3, 0.4) is 0 Å². The van der Waals surface area contributed by atoms with Crippen molar-refractivity contribution in [2.24, 2.45) is 5.92 Å². The molecule has 18 heavy (non-hydrogen) atoms. The van der Waals surface area contributed by atoms with Gasteiger partial charge < -0.3 is 4.79 Å². The molecule has 0 aliphatic heterocycles. The standard InChI is InChI=1S/C16H21ClO/c1-2-3-4-5-6-15(13-18)8-7-14-9-11-16(17)12-10-14/h7-13,15H,2-6H2,1H3/b8-7+/t15-/m0/s1. The maximum atomic E-state index is 11.0. The lowest BCUT2D eigenvalue weighted by molar-refractivity contribution is -0.110. The second-order valence-corrected chi connectivity index (χ2v) is 5.00. The highest BCUT2D eigenvalue weighted by Gasteiger charge is 2.02. The fraction of sp³-hybridized carbons (Fsp3) is 0.438. The largest absolute Gasteiger partial charge is 0.303 e. The third-order valence-corrected chi connectivity index (χ3v) is 3.22. The Bertz CT molecular complexity index is 367. The first kappa shape index (κ1) is 15.0. The van der Waals surface area contributed by atoms with Gasteiger partial charge in [-0.3, -0.25) is 0 Å². The van der Waals surface area contributed by atoms with E-state index in [1.165, 1.54) is 19.3 Å². The van der Waals surface area contributed by atoms with Gasteiger partial charge in [0.15, 0.2) is 0 Å². The van der Waals surface area contributed by atoms with Crippen molar-refractivity contribution in [1.82, 2.24) is 0 Å². The van der Waals surface area contributed by atoms with E-state index in [0.29, 0.717) is 0 Å². The molecule has 0 aliphatic carbocycles. The van der Waals surface area contributed by atoms with Crippen molar-refractivity contribution in [3.8, 4) is 0 Å². The van der Waals surface area contributed by atoms with Gasteiger partial charge in [0.2, 0.25) is 0 Å². The number of unbranched alkanes of at least 4 members (excludes halogenated alkanes) is 3. The lowest BCUT2D eigenvalue weighted by atomic mass is 10.0. The molecule has 0 fully saturated rings. The van der Waals surface area contributed by atoms with Crippen LogP contribution in [0.25, 0.3) is 6.08 Å². The lowest BCUT2D eigenvalue weighted by Gasteiger charge is -2.04. The summed E-state index contributed by atoms with van der Waals surface area (Å²) in [4.78, 5) is 11.0. The first-order chi connectivity index (χ1) is 8.76. The Hall–Kier alpha value is -1.08. The molecule has 2 heteroatoms. The number of carbonyl (C=O) groups is 1. The number of hydrogen-bond donors (Lipinski definition) is 0. The van der Waals surface area contributed by atoms with E-state index in [1.807, 2.05) is 36.4 Å². The van der Waals surface area contributed by atoms with Crippen LogP contribution in [0.15, 0.2) is 30.3 Å². The molecule has 98 valence electrons. The maximum Gasteiger partial charge on any atom is 0.126 e. The molecule has 0 saturated heterocycles. The third kappa shape index (κ3) is 6.02. The van der Waals surface area contributed by atoms with E-state index < -0.39 is 0 Å². The van der Waals surface area contributed by atoms with E-state index in [1.54, 1.807) is 0 Å². The van der Waals surface area contributed by atoms with Gasteiger partial charge in [0.1, 0.15) is 6.29 Å². The van der Waals surface area contributed by atoms with Crippen LogP contribution in [0.4, 0.5) is 0 Å². The fourth-order valence-electron chi connectivity index (χ4n) is 1.83. The number of aldehydes is 1. The van der Waals surface area contributed by atoms with Gasteiger partial charge in [0.05, 0.1) is 0 Å². The predicted molar refractivity (Wildman–Crippen MR) is 78.8 cm³/mol. The summed E-state index contributed by atoms with van der Waals surface area (Å²) >= 11 is 5.82. The molecule has 1 aromatic rings. The molecule has 1 aromatic carbocycles. The van der Waals surface area contributed by atoms with Crippen LogP contribution in [0.2, 0.25) is 5.02 Å². The highest BCUT2D eigenvalue weighted by atomic mass is 35.5. The van der Waals surface area contributed by atoms with Crippen LogP contribution in [-0.2, 0) is 4.79 Å². The van der Waals surface area contributed by atoms with E-state index in [-0.39, 0.29) is 5.92 Å². The van der Waals surface area contributed by atoms with Gasteiger partial charge in [-0.2, -0.15) is 0 Å². The number of rotatable bonds is 8. The molecular formula is C16H21ClO. The van der Waals surface area contributed by atoms with E-state index in [4.69, 9.17) is 11.6 Å². The van der Waals surface area contributed by atoms with Gasteiger partial charge in [0.25, 0.3) is 0 Å². The SMILES string of the molecule is CCCCCC[C@H](C=O)/C=C/c1ccc(Cl)cc1. The first-order valence-electron chi connectivity index (χ1n) is 6.65. The smallest absolute Gasteiger partial charge is 0.126 e. The average Bonchev–Trinajstić information content (AvgIpc) is 2.40. The normalized spacial score (nSPS) is 12.8. The van der Waals surface area contributed by atoms with Gasteiger partial charge in [-0.25, -0.2) is 0 Å². The molecule has 1 rings (SSSR count). The maximum absolute atomic E-state index is 11.0. The molecule has 0 spiro atoms. The molecule has 0 aliphatic rings. The summed E-state index contributed by atoms with van der Waals surface area (Å²) in [5, 5.41) is 0.735. The molecule has 0 heterocycles. The number of hydrogen-bond acceptors (Lipinski definition) is 1. The van der Waals surface area contributed by atoms with Gasteiger partial charge in [-0.1, -0.05) is 68.5 Å². The van der Waals surface area contributed by atoms with Gasteiger partial charge in [-0.15, -0.1) is 0 Å². The Morgan fingerprint density at radius 1 is 1.17 bits per heavy atom. The molecule has 0 unspecified atom stereocenters. The van der Waals surface area contributed by atoms with Crippen molar-refractivity contribution in [2.45, 2.75) is 39.0 Å². The highest BCUT2D eigenvalue weighted by Crippen LogP contribution is 2.14. The molecule has 1 nitrogen and oxygen atoms in total. The first-order valence-corrected chi connectivity index (χ1v) is 7.03. The van der Waals surface area contributed by atoms with Crippen LogP contribution in [0, 0.1) is 5.92 Å². The van der Waals surface area contributed by atoms with Crippen LogP contribution in [-0.4, -0.2) is 6.29 Å². The van der Waals surface area contributed by atoms with E-state index in [0.717, 1.165) is 29.7 Å². The van der Waals surface area contributed by atoms with Crippen molar-refractivity contribution in [2.75, 3.05) is 0 Å². The molecule has 0 aromatic heterocycles. The number of allylic oxidation sites excluding steroid dienone is 1. The van der Waals surface area contributed by atoms with Crippen molar-refractivity contribution in [1.29, 1.82) is 0 Å². The molecular weight excluding hydrogens is 244 g/mol. The minimum absolute atomic E-state index is 0.0394. The number of benzene rings is 1. The second-order valence-electron chi connectivity index (χ2n) is 4.56. The molecule has 0 N–H and O–H groups in total. The van der Waals surface area contributed by atoms with Crippen LogP contribution in [0.1, 0.15) is 44.6 Å². The summed E-state index contributed by atoms with van der Waals surface area (Å²) in [5.41, 5.74) is 1.08. The van der Waals surface area contributed by atoms with Crippen molar-refractivity contribution in [3.05, 3.63) is 40.9 Å². The zero-order valence-corrected chi connectivity index (χ0v) is 11.7. The quantitative estimate of drug-likeness (QED) is 0.469. The topological polar surface area (TPSA) is 17.1 Å². The summed E-state index contributed by atoms with van der Waals surface area (Å²) in [6.45, 7) is 2.19. The number of halogens is 1. The Kier molecular flexibility index (Phi) is 7.43. The second kappa shape index (κ2) is 8.93. The van der Waals surface area contributed by atoms with Gasteiger partial charge >= 0.3 is 0 Å². The third-order valence-electron chi connectivity index (χ3n) is 2.97. The zero-order valence-electron chi connectivity index (χ0n) is 10.9. The van der Waals surface area contributed by atoms with Gasteiger partial charge in [-0.05, 0) is 24.1 Å². The monoisotopic (exact) mass is 264 g/mol. The van der Waals surface area contributed by atoms with E-state index >= 15 is 0 Å². The summed E-state index contributed by atoms with van der Waals surface area (Å²) < 4.78 is 0. The molecule has 0 saturated carbocycles. The Labute approximate surface area is 115 Å². The zero-order chi connectivity index (χ0) is 13.2. The summed E-state index contributed by atoms with van der Waals surface area (Å²) in [5.74, 6) is 0.0394. The fourth-order valence-corrected chi connectivity index (χ4v) is 1.95. The van der Waals surface area contributed by atoms with Crippen LogP contribution < -0.4 is 0 Å². The molecule has 1 atom stereocenters. The molecule has 0 radical (unpaired) electrons. The van der Waals surface area contributed by atoms with E-state index in [9.17, 15) is 4.79 Å². The Morgan fingerprint density at radius 2 is 1.89 bits per heavy atom. The van der Waals surface area contributed by atoms with Gasteiger partial charge in [0, 0.05) is 10.9 Å². The van der Waals surface area contributed by atoms with Crippen molar-refractivity contribution >= 4 is 24.0 Å². The van der Waals surface area contributed by atoms with Crippen molar-refractivity contribution in [3.63, 3.8) is 0 Å². The highest BCUT2D eigenvalue weighted by molar-refractivity contribution is 6.30.